The van der Waals surface area contributed by atoms with Gasteiger partial charge in [0.05, 0.1) is 12.6 Å². The number of nitrogens with zero attached hydrogens (tertiary/aromatic N) is 2. The number of aliphatic hydroxyl groups excluding tert-OH is 1. The third kappa shape index (κ3) is 3.37. The Kier molecular flexibility index (Phi) is 4.62. The maximum Gasteiger partial charge on any atom is 0.323 e. The van der Waals surface area contributed by atoms with Crippen LogP contribution in [0.1, 0.15) is 35.8 Å². The zero-order chi connectivity index (χ0) is 16.2. The van der Waals surface area contributed by atoms with Gasteiger partial charge in [0.15, 0.2) is 5.82 Å². The van der Waals surface area contributed by atoms with Gasteiger partial charge in [-0.25, -0.2) is 4.79 Å². The Labute approximate surface area is 135 Å². The molecule has 1 aromatic carbocycles. The van der Waals surface area contributed by atoms with Gasteiger partial charge < -0.3 is 14.5 Å². The van der Waals surface area contributed by atoms with Gasteiger partial charge in [-0.05, 0) is 37.3 Å². The summed E-state index contributed by atoms with van der Waals surface area (Å²) in [7, 11) is 0. The standard InChI is InChI=1S/C17H21N3O3/c1-12-11-16(19-23-12)18-17(22)20(9-10-21)15-8-4-6-13-5-2-3-7-14(13)15/h2-3,5,7,11,15,21H,4,6,8-10H2,1H3,(H,18,19,22). The van der Waals surface area contributed by atoms with Crippen molar-refractivity contribution in [3.8, 4) is 0 Å². The normalized spacial score (nSPS) is 16.7. The number of benzene rings is 1. The number of amides is 2. The largest absolute Gasteiger partial charge is 0.395 e. The maximum atomic E-state index is 12.6. The Bertz CT molecular complexity index is 683. The van der Waals surface area contributed by atoms with Crippen LogP contribution in [0.15, 0.2) is 34.9 Å². The van der Waals surface area contributed by atoms with Gasteiger partial charge in [-0.15, -0.1) is 0 Å². The van der Waals surface area contributed by atoms with Crippen LogP contribution in [-0.2, 0) is 6.42 Å². The summed E-state index contributed by atoms with van der Waals surface area (Å²) in [6, 6.07) is 9.57. The number of urea groups is 1. The topological polar surface area (TPSA) is 78.6 Å². The molecule has 6 heteroatoms. The van der Waals surface area contributed by atoms with E-state index in [0.29, 0.717) is 11.6 Å². The average molecular weight is 315 g/mol. The second-order valence-electron chi connectivity index (χ2n) is 5.78. The lowest BCUT2D eigenvalue weighted by Gasteiger charge is -2.35. The molecule has 1 atom stereocenters. The number of aromatic nitrogens is 1. The van der Waals surface area contributed by atoms with Crippen molar-refractivity contribution in [3.05, 3.63) is 47.2 Å². The number of aryl methyl sites for hydroxylation is 2. The van der Waals surface area contributed by atoms with Crippen molar-refractivity contribution in [2.24, 2.45) is 0 Å². The first-order valence-corrected chi connectivity index (χ1v) is 7.88. The van der Waals surface area contributed by atoms with E-state index in [9.17, 15) is 9.90 Å². The minimum absolute atomic E-state index is 0.0277. The molecule has 1 aliphatic carbocycles. The first-order valence-electron chi connectivity index (χ1n) is 7.88. The van der Waals surface area contributed by atoms with Gasteiger partial charge in [0, 0.05) is 12.6 Å². The number of carbonyl (C=O) groups is 1. The molecular formula is C17H21N3O3. The molecule has 1 aromatic heterocycles. The Balaban J connectivity index is 1.82. The average Bonchev–Trinajstić information content (AvgIpc) is 2.97. The molecule has 0 fully saturated rings. The van der Waals surface area contributed by atoms with Crippen molar-refractivity contribution in [1.82, 2.24) is 10.1 Å². The van der Waals surface area contributed by atoms with Crippen molar-refractivity contribution < 1.29 is 14.4 Å². The summed E-state index contributed by atoms with van der Waals surface area (Å²) in [5, 5.41) is 15.9. The van der Waals surface area contributed by atoms with Crippen molar-refractivity contribution in [3.63, 3.8) is 0 Å². The van der Waals surface area contributed by atoms with Crippen LogP contribution < -0.4 is 5.32 Å². The molecule has 2 amide bonds. The number of hydrogen-bond donors (Lipinski definition) is 2. The predicted molar refractivity (Wildman–Crippen MR) is 86.2 cm³/mol. The predicted octanol–water partition coefficient (Wildman–Crippen LogP) is 2.89. The molecule has 3 rings (SSSR count). The summed E-state index contributed by atoms with van der Waals surface area (Å²) in [6.07, 6.45) is 2.95. The number of rotatable bonds is 4. The Morgan fingerprint density at radius 2 is 2.30 bits per heavy atom. The van der Waals surface area contributed by atoms with Gasteiger partial charge in [-0.2, -0.15) is 0 Å². The van der Waals surface area contributed by atoms with Crippen LogP contribution in [0.3, 0.4) is 0 Å². The molecule has 1 unspecified atom stereocenters. The molecule has 2 N–H and O–H groups in total. The molecule has 6 nitrogen and oxygen atoms in total. The van der Waals surface area contributed by atoms with E-state index in [2.05, 4.69) is 22.6 Å². The van der Waals surface area contributed by atoms with Crippen LogP contribution in [0.25, 0.3) is 0 Å². The smallest absolute Gasteiger partial charge is 0.323 e. The van der Waals surface area contributed by atoms with E-state index >= 15 is 0 Å². The Hall–Kier alpha value is -2.34. The molecule has 0 saturated heterocycles. The van der Waals surface area contributed by atoms with Crippen molar-refractivity contribution >= 4 is 11.8 Å². The third-order valence-corrected chi connectivity index (χ3v) is 4.18. The molecule has 0 bridgehead atoms. The quantitative estimate of drug-likeness (QED) is 0.909. The Morgan fingerprint density at radius 3 is 3.04 bits per heavy atom. The minimum Gasteiger partial charge on any atom is -0.395 e. The SMILES string of the molecule is Cc1cc(NC(=O)N(CCO)C2CCCc3ccccc32)no1. The van der Waals surface area contributed by atoms with Crippen LogP contribution in [-0.4, -0.2) is 34.3 Å². The van der Waals surface area contributed by atoms with Crippen LogP contribution in [0.5, 0.6) is 0 Å². The summed E-state index contributed by atoms with van der Waals surface area (Å²) in [5.41, 5.74) is 2.44. The highest BCUT2D eigenvalue weighted by atomic mass is 16.5. The number of nitrogens with one attached hydrogen (secondary N) is 1. The highest BCUT2D eigenvalue weighted by molar-refractivity contribution is 5.88. The third-order valence-electron chi connectivity index (χ3n) is 4.18. The highest BCUT2D eigenvalue weighted by Gasteiger charge is 2.29. The van der Waals surface area contributed by atoms with E-state index in [1.807, 2.05) is 12.1 Å². The van der Waals surface area contributed by atoms with E-state index in [4.69, 9.17) is 4.52 Å². The zero-order valence-electron chi connectivity index (χ0n) is 13.2. The molecule has 0 radical (unpaired) electrons. The monoisotopic (exact) mass is 315 g/mol. The number of anilines is 1. The van der Waals surface area contributed by atoms with Crippen molar-refractivity contribution in [2.45, 2.75) is 32.2 Å². The van der Waals surface area contributed by atoms with Gasteiger partial charge in [-0.3, -0.25) is 5.32 Å². The highest BCUT2D eigenvalue weighted by Crippen LogP contribution is 2.34. The van der Waals surface area contributed by atoms with Gasteiger partial charge in [-0.1, -0.05) is 29.4 Å². The first kappa shape index (κ1) is 15.6. The molecule has 122 valence electrons. The lowest BCUT2D eigenvalue weighted by Crippen LogP contribution is -2.41. The summed E-state index contributed by atoms with van der Waals surface area (Å²) in [5.74, 6) is 1.02. The van der Waals surface area contributed by atoms with E-state index in [1.54, 1.807) is 17.9 Å². The van der Waals surface area contributed by atoms with Gasteiger partial charge >= 0.3 is 6.03 Å². The van der Waals surface area contributed by atoms with Crippen LogP contribution in [0.2, 0.25) is 0 Å². The molecule has 23 heavy (non-hydrogen) atoms. The lowest BCUT2D eigenvalue weighted by molar-refractivity contribution is 0.154. The van der Waals surface area contributed by atoms with Crippen LogP contribution in [0, 0.1) is 6.92 Å². The molecule has 0 aliphatic heterocycles. The second kappa shape index (κ2) is 6.83. The maximum absolute atomic E-state index is 12.6. The van der Waals surface area contributed by atoms with E-state index in [-0.39, 0.29) is 25.2 Å². The summed E-state index contributed by atoms with van der Waals surface area (Å²) >= 11 is 0. The van der Waals surface area contributed by atoms with Gasteiger partial charge in [0.1, 0.15) is 5.76 Å². The summed E-state index contributed by atoms with van der Waals surface area (Å²) in [6.45, 7) is 1.97. The molecule has 2 aromatic rings. The fourth-order valence-corrected chi connectivity index (χ4v) is 3.17. The summed E-state index contributed by atoms with van der Waals surface area (Å²) in [4.78, 5) is 14.3. The molecule has 0 spiro atoms. The van der Waals surface area contributed by atoms with Crippen molar-refractivity contribution in [2.75, 3.05) is 18.5 Å². The van der Waals surface area contributed by atoms with E-state index in [0.717, 1.165) is 19.3 Å². The van der Waals surface area contributed by atoms with E-state index < -0.39 is 0 Å². The number of aliphatic hydroxyl groups is 1. The number of carbonyl (C=O) groups excluding carboxylic acids is 1. The fourth-order valence-electron chi connectivity index (χ4n) is 3.17. The molecular weight excluding hydrogens is 294 g/mol. The number of fused-ring (bicyclic) bond motifs is 1. The van der Waals surface area contributed by atoms with Gasteiger partial charge in [0.2, 0.25) is 0 Å². The molecule has 1 heterocycles. The summed E-state index contributed by atoms with van der Waals surface area (Å²) < 4.78 is 4.97. The Morgan fingerprint density at radius 1 is 1.48 bits per heavy atom. The number of hydrogen-bond acceptors (Lipinski definition) is 4. The lowest BCUT2D eigenvalue weighted by atomic mass is 9.87. The van der Waals surface area contributed by atoms with Crippen LogP contribution >= 0.6 is 0 Å². The fraction of sp³-hybridized carbons (Fsp3) is 0.412. The van der Waals surface area contributed by atoms with Crippen molar-refractivity contribution in [1.29, 1.82) is 0 Å². The van der Waals surface area contributed by atoms with E-state index in [1.165, 1.54) is 11.1 Å². The molecule has 0 saturated carbocycles. The minimum atomic E-state index is -0.269. The van der Waals surface area contributed by atoms with Gasteiger partial charge in [0.25, 0.3) is 0 Å². The second-order valence-corrected chi connectivity index (χ2v) is 5.78. The zero-order valence-corrected chi connectivity index (χ0v) is 13.2. The first-order chi connectivity index (χ1) is 11.2. The van der Waals surface area contributed by atoms with Crippen LogP contribution in [0.4, 0.5) is 10.6 Å². The molecule has 1 aliphatic rings.